The van der Waals surface area contributed by atoms with E-state index in [-0.39, 0.29) is 6.04 Å². The van der Waals surface area contributed by atoms with Gasteiger partial charge in [0.1, 0.15) is 11.5 Å². The zero-order chi connectivity index (χ0) is 14.1. The third kappa shape index (κ3) is 2.25. The molecule has 0 radical (unpaired) electrons. The summed E-state index contributed by atoms with van der Waals surface area (Å²) in [6.45, 7) is 2.80. The first-order valence-corrected chi connectivity index (χ1v) is 6.85. The molecule has 0 bridgehead atoms. The minimum absolute atomic E-state index is 0.143. The van der Waals surface area contributed by atoms with E-state index in [2.05, 4.69) is 12.1 Å². The third-order valence-corrected chi connectivity index (χ3v) is 3.86. The Balaban J connectivity index is 1.94. The number of ether oxygens (including phenoxy) is 2. The van der Waals surface area contributed by atoms with Crippen molar-refractivity contribution in [2.24, 2.45) is 5.73 Å². The molecule has 3 heteroatoms. The van der Waals surface area contributed by atoms with E-state index in [4.69, 9.17) is 15.2 Å². The standard InChI is InChI=1S/C17H19NO2/c1-11-3-4-14(10-16(11)19-2)17(18)13-5-6-15-12(9-13)7-8-20-15/h3-6,9-10,17H,7-8,18H2,1-2H3. The van der Waals surface area contributed by atoms with Crippen molar-refractivity contribution in [1.29, 1.82) is 0 Å². The fraction of sp³-hybridized carbons (Fsp3) is 0.294. The van der Waals surface area contributed by atoms with Crippen molar-refractivity contribution in [2.45, 2.75) is 19.4 Å². The van der Waals surface area contributed by atoms with Gasteiger partial charge in [0, 0.05) is 6.42 Å². The van der Waals surface area contributed by atoms with Gasteiger partial charge in [0.2, 0.25) is 0 Å². The van der Waals surface area contributed by atoms with Crippen LogP contribution in [0, 0.1) is 6.92 Å². The number of methoxy groups -OCH3 is 1. The van der Waals surface area contributed by atoms with Crippen LogP contribution in [0.1, 0.15) is 28.3 Å². The van der Waals surface area contributed by atoms with Gasteiger partial charge < -0.3 is 15.2 Å². The highest BCUT2D eigenvalue weighted by atomic mass is 16.5. The highest BCUT2D eigenvalue weighted by Gasteiger charge is 2.16. The van der Waals surface area contributed by atoms with Gasteiger partial charge in [0.05, 0.1) is 19.8 Å². The summed E-state index contributed by atoms with van der Waals surface area (Å²) in [5.74, 6) is 1.87. The van der Waals surface area contributed by atoms with Gasteiger partial charge in [-0.1, -0.05) is 24.3 Å². The number of hydrogen-bond donors (Lipinski definition) is 1. The van der Waals surface area contributed by atoms with Crippen LogP contribution in [0.3, 0.4) is 0 Å². The molecule has 2 aromatic carbocycles. The van der Waals surface area contributed by atoms with Crippen LogP contribution < -0.4 is 15.2 Å². The average molecular weight is 269 g/mol. The lowest BCUT2D eigenvalue weighted by atomic mass is 9.96. The number of fused-ring (bicyclic) bond motifs is 1. The number of rotatable bonds is 3. The van der Waals surface area contributed by atoms with Gasteiger partial charge in [-0.3, -0.25) is 0 Å². The Labute approximate surface area is 119 Å². The van der Waals surface area contributed by atoms with Crippen LogP contribution in [0.4, 0.5) is 0 Å². The van der Waals surface area contributed by atoms with E-state index in [0.29, 0.717) is 0 Å². The van der Waals surface area contributed by atoms with Gasteiger partial charge in [0.15, 0.2) is 0 Å². The fourth-order valence-corrected chi connectivity index (χ4v) is 2.62. The molecule has 20 heavy (non-hydrogen) atoms. The Bertz CT molecular complexity index is 626. The predicted octanol–water partition coefficient (Wildman–Crippen LogP) is 2.99. The van der Waals surface area contributed by atoms with Crippen molar-refractivity contribution in [3.63, 3.8) is 0 Å². The van der Waals surface area contributed by atoms with E-state index in [9.17, 15) is 0 Å². The van der Waals surface area contributed by atoms with Gasteiger partial charge in [0.25, 0.3) is 0 Å². The molecule has 0 amide bonds. The highest BCUT2D eigenvalue weighted by molar-refractivity contribution is 5.45. The minimum Gasteiger partial charge on any atom is -0.496 e. The Morgan fingerprint density at radius 2 is 1.90 bits per heavy atom. The number of nitrogens with two attached hydrogens (primary N) is 1. The molecule has 104 valence electrons. The van der Waals surface area contributed by atoms with Crippen molar-refractivity contribution in [1.82, 2.24) is 0 Å². The first kappa shape index (κ1) is 13.0. The van der Waals surface area contributed by atoms with Gasteiger partial charge in [-0.2, -0.15) is 0 Å². The number of hydrogen-bond acceptors (Lipinski definition) is 3. The monoisotopic (exact) mass is 269 g/mol. The van der Waals surface area contributed by atoms with Crippen molar-refractivity contribution < 1.29 is 9.47 Å². The van der Waals surface area contributed by atoms with Crippen LogP contribution in [-0.2, 0) is 6.42 Å². The van der Waals surface area contributed by atoms with Crippen LogP contribution in [0.2, 0.25) is 0 Å². The molecule has 0 fully saturated rings. The molecule has 3 rings (SSSR count). The molecule has 0 spiro atoms. The summed E-state index contributed by atoms with van der Waals surface area (Å²) < 4.78 is 10.9. The Hall–Kier alpha value is -2.00. The summed E-state index contributed by atoms with van der Waals surface area (Å²) >= 11 is 0. The van der Waals surface area contributed by atoms with Gasteiger partial charge >= 0.3 is 0 Å². The van der Waals surface area contributed by atoms with Gasteiger partial charge in [-0.05, 0) is 41.3 Å². The van der Waals surface area contributed by atoms with Crippen LogP contribution in [0.5, 0.6) is 11.5 Å². The summed E-state index contributed by atoms with van der Waals surface area (Å²) in [5, 5.41) is 0. The predicted molar refractivity (Wildman–Crippen MR) is 79.4 cm³/mol. The van der Waals surface area contributed by atoms with Crippen molar-refractivity contribution in [3.05, 3.63) is 58.7 Å². The van der Waals surface area contributed by atoms with E-state index in [1.807, 2.05) is 31.2 Å². The normalized spacial score (nSPS) is 14.6. The van der Waals surface area contributed by atoms with Gasteiger partial charge in [-0.15, -0.1) is 0 Å². The second kappa shape index (κ2) is 5.17. The Morgan fingerprint density at radius 3 is 2.70 bits per heavy atom. The summed E-state index contributed by atoms with van der Waals surface area (Å²) in [4.78, 5) is 0. The first-order valence-electron chi connectivity index (χ1n) is 6.85. The fourth-order valence-electron chi connectivity index (χ4n) is 2.62. The first-order chi connectivity index (χ1) is 9.69. The molecule has 1 heterocycles. The SMILES string of the molecule is COc1cc(C(N)c2ccc3c(c2)CCO3)ccc1C. The second-order valence-electron chi connectivity index (χ2n) is 5.17. The van der Waals surface area contributed by atoms with Crippen LogP contribution >= 0.6 is 0 Å². The molecule has 0 aromatic heterocycles. The summed E-state index contributed by atoms with van der Waals surface area (Å²) in [6.07, 6.45) is 0.965. The maximum Gasteiger partial charge on any atom is 0.122 e. The lowest BCUT2D eigenvalue weighted by Gasteiger charge is -2.15. The zero-order valence-electron chi connectivity index (χ0n) is 11.8. The van der Waals surface area contributed by atoms with Crippen LogP contribution in [0.15, 0.2) is 36.4 Å². The second-order valence-corrected chi connectivity index (χ2v) is 5.17. The summed E-state index contributed by atoms with van der Waals surface area (Å²) in [5.41, 5.74) is 10.9. The topological polar surface area (TPSA) is 44.5 Å². The van der Waals surface area contributed by atoms with Crippen molar-refractivity contribution in [2.75, 3.05) is 13.7 Å². The summed E-state index contributed by atoms with van der Waals surface area (Å²) in [6, 6.07) is 12.2. The minimum atomic E-state index is -0.143. The molecule has 2 N–H and O–H groups in total. The van der Waals surface area contributed by atoms with Crippen molar-refractivity contribution >= 4 is 0 Å². The van der Waals surface area contributed by atoms with Gasteiger partial charge in [-0.25, -0.2) is 0 Å². The van der Waals surface area contributed by atoms with E-state index in [0.717, 1.165) is 41.2 Å². The molecule has 0 saturated carbocycles. The molecule has 1 aliphatic heterocycles. The molecule has 0 aliphatic carbocycles. The van der Waals surface area contributed by atoms with E-state index < -0.39 is 0 Å². The van der Waals surface area contributed by atoms with E-state index in [1.54, 1.807) is 7.11 Å². The number of benzene rings is 2. The maximum absolute atomic E-state index is 6.39. The zero-order valence-corrected chi connectivity index (χ0v) is 11.8. The lowest BCUT2D eigenvalue weighted by Crippen LogP contribution is -2.12. The maximum atomic E-state index is 6.39. The quantitative estimate of drug-likeness (QED) is 0.931. The highest BCUT2D eigenvalue weighted by Crippen LogP contribution is 2.31. The van der Waals surface area contributed by atoms with Crippen molar-refractivity contribution in [3.8, 4) is 11.5 Å². The molecule has 1 atom stereocenters. The Morgan fingerprint density at radius 1 is 1.15 bits per heavy atom. The molecule has 0 saturated heterocycles. The average Bonchev–Trinajstić information content (AvgIpc) is 2.94. The van der Waals surface area contributed by atoms with Crippen LogP contribution in [-0.4, -0.2) is 13.7 Å². The third-order valence-electron chi connectivity index (χ3n) is 3.86. The Kier molecular flexibility index (Phi) is 3.36. The lowest BCUT2D eigenvalue weighted by molar-refractivity contribution is 0.357. The molecule has 2 aromatic rings. The van der Waals surface area contributed by atoms with Crippen LogP contribution in [0.25, 0.3) is 0 Å². The largest absolute Gasteiger partial charge is 0.496 e. The molecular formula is C17H19NO2. The molecule has 1 unspecified atom stereocenters. The molecule has 1 aliphatic rings. The molecular weight excluding hydrogens is 250 g/mol. The van der Waals surface area contributed by atoms with E-state index in [1.165, 1.54) is 5.56 Å². The summed E-state index contributed by atoms with van der Waals surface area (Å²) in [7, 11) is 1.68. The smallest absolute Gasteiger partial charge is 0.122 e. The molecule has 3 nitrogen and oxygen atoms in total. The van der Waals surface area contributed by atoms with E-state index >= 15 is 0 Å². The number of aryl methyl sites for hydroxylation is 1.